The first-order valence-electron chi connectivity index (χ1n) is 6.92. The zero-order chi connectivity index (χ0) is 17.5. The van der Waals surface area contributed by atoms with Crippen molar-refractivity contribution >= 4 is 38.5 Å². The van der Waals surface area contributed by atoms with Crippen molar-refractivity contribution in [2.24, 2.45) is 0 Å². The van der Waals surface area contributed by atoms with Gasteiger partial charge in [-0.1, -0.05) is 0 Å². The Kier molecular flexibility index (Phi) is 3.72. The van der Waals surface area contributed by atoms with E-state index < -0.39 is 14.8 Å². The number of amides is 1. The molecule has 2 aromatic carbocycles. The van der Waals surface area contributed by atoms with Crippen molar-refractivity contribution in [2.45, 2.75) is 11.3 Å². The van der Waals surface area contributed by atoms with E-state index in [1.165, 1.54) is 12.1 Å². The van der Waals surface area contributed by atoms with Crippen LogP contribution in [-0.4, -0.2) is 25.5 Å². The average Bonchev–Trinajstić information content (AvgIpc) is 2.85. The SMILES string of the molecule is CS(=O)(=O)c1cc([N+](=O)[O-])ccc1Nc1ccc2c(c1)CC(=O)N2. The second-order valence-electron chi connectivity index (χ2n) is 5.43. The summed E-state index contributed by atoms with van der Waals surface area (Å²) >= 11 is 0. The van der Waals surface area contributed by atoms with E-state index in [1.54, 1.807) is 18.2 Å². The predicted octanol–water partition coefficient (Wildman–Crippen LogP) is 2.24. The summed E-state index contributed by atoms with van der Waals surface area (Å²) in [6.45, 7) is 0. The number of nitro benzene ring substituents is 1. The maximum Gasteiger partial charge on any atom is 0.270 e. The van der Waals surface area contributed by atoms with Crippen molar-refractivity contribution in [3.05, 3.63) is 52.1 Å². The van der Waals surface area contributed by atoms with Crippen LogP contribution in [-0.2, 0) is 21.1 Å². The highest BCUT2D eigenvalue weighted by atomic mass is 32.2. The van der Waals surface area contributed by atoms with Crippen molar-refractivity contribution in [3.63, 3.8) is 0 Å². The fraction of sp³-hybridized carbons (Fsp3) is 0.133. The van der Waals surface area contributed by atoms with Crippen LogP contribution in [0, 0.1) is 10.1 Å². The molecule has 0 saturated carbocycles. The van der Waals surface area contributed by atoms with Gasteiger partial charge in [0.1, 0.15) is 0 Å². The first-order chi connectivity index (χ1) is 11.2. The smallest absolute Gasteiger partial charge is 0.270 e. The minimum Gasteiger partial charge on any atom is -0.354 e. The number of non-ortho nitro benzene ring substituents is 1. The second-order valence-corrected chi connectivity index (χ2v) is 7.42. The van der Waals surface area contributed by atoms with Crippen LogP contribution in [0.4, 0.5) is 22.7 Å². The number of carbonyl (C=O) groups is 1. The Labute approximate surface area is 137 Å². The van der Waals surface area contributed by atoms with E-state index >= 15 is 0 Å². The summed E-state index contributed by atoms with van der Waals surface area (Å²) < 4.78 is 23.9. The van der Waals surface area contributed by atoms with Gasteiger partial charge in [0.05, 0.1) is 21.9 Å². The lowest BCUT2D eigenvalue weighted by Gasteiger charge is -2.12. The van der Waals surface area contributed by atoms with E-state index in [2.05, 4.69) is 10.6 Å². The molecule has 1 aliphatic heterocycles. The lowest BCUT2D eigenvalue weighted by atomic mass is 10.1. The average molecular weight is 347 g/mol. The Morgan fingerprint density at radius 3 is 2.62 bits per heavy atom. The molecule has 0 radical (unpaired) electrons. The zero-order valence-corrected chi connectivity index (χ0v) is 13.4. The van der Waals surface area contributed by atoms with Crippen molar-refractivity contribution in [1.29, 1.82) is 0 Å². The number of nitro groups is 1. The summed E-state index contributed by atoms with van der Waals surface area (Å²) in [7, 11) is -3.66. The van der Waals surface area contributed by atoms with Crippen molar-refractivity contribution in [3.8, 4) is 0 Å². The summed E-state index contributed by atoms with van der Waals surface area (Å²) in [5.41, 5.74) is 2.04. The van der Waals surface area contributed by atoms with Crippen LogP contribution in [0.2, 0.25) is 0 Å². The Morgan fingerprint density at radius 1 is 1.21 bits per heavy atom. The summed E-state index contributed by atoms with van der Waals surface area (Å²) in [4.78, 5) is 21.4. The van der Waals surface area contributed by atoms with E-state index in [0.29, 0.717) is 5.69 Å². The van der Waals surface area contributed by atoms with Gasteiger partial charge in [0.15, 0.2) is 9.84 Å². The number of carbonyl (C=O) groups excluding carboxylic acids is 1. The fourth-order valence-electron chi connectivity index (χ4n) is 2.50. The highest BCUT2D eigenvalue weighted by Crippen LogP contribution is 2.31. The molecule has 24 heavy (non-hydrogen) atoms. The van der Waals surface area contributed by atoms with Crippen LogP contribution in [0.15, 0.2) is 41.3 Å². The van der Waals surface area contributed by atoms with E-state index in [4.69, 9.17) is 0 Å². The monoisotopic (exact) mass is 347 g/mol. The number of anilines is 3. The highest BCUT2D eigenvalue weighted by Gasteiger charge is 2.20. The molecule has 1 heterocycles. The molecular formula is C15H13N3O5S. The van der Waals surface area contributed by atoms with E-state index in [-0.39, 0.29) is 28.6 Å². The van der Waals surface area contributed by atoms with Crippen LogP contribution >= 0.6 is 0 Å². The van der Waals surface area contributed by atoms with E-state index in [0.717, 1.165) is 23.6 Å². The molecule has 0 atom stereocenters. The first kappa shape index (κ1) is 15.9. The van der Waals surface area contributed by atoms with Crippen LogP contribution in [0.25, 0.3) is 0 Å². The number of hydrogen-bond donors (Lipinski definition) is 2. The molecule has 1 amide bonds. The molecule has 0 aromatic heterocycles. The topological polar surface area (TPSA) is 118 Å². The maximum atomic E-state index is 11.9. The lowest BCUT2D eigenvalue weighted by Crippen LogP contribution is -2.04. The highest BCUT2D eigenvalue weighted by molar-refractivity contribution is 7.90. The summed E-state index contributed by atoms with van der Waals surface area (Å²) in [6, 6.07) is 8.75. The standard InChI is InChI=1S/C15H13N3O5S/c1-24(22,23)14-8-11(18(20)21)3-5-13(14)16-10-2-4-12-9(6-10)7-15(19)17-12/h2-6,8,16H,7H2,1H3,(H,17,19). The molecule has 9 heteroatoms. The van der Waals surface area contributed by atoms with Crippen LogP contribution in [0.1, 0.15) is 5.56 Å². The molecule has 3 rings (SSSR count). The number of hydrogen-bond acceptors (Lipinski definition) is 6. The van der Waals surface area contributed by atoms with Gasteiger partial charge < -0.3 is 10.6 Å². The molecule has 124 valence electrons. The summed E-state index contributed by atoms with van der Waals surface area (Å²) in [5, 5.41) is 16.5. The Morgan fingerprint density at radius 2 is 1.96 bits per heavy atom. The maximum absolute atomic E-state index is 11.9. The number of sulfone groups is 1. The second kappa shape index (κ2) is 5.60. The molecule has 2 N–H and O–H groups in total. The largest absolute Gasteiger partial charge is 0.354 e. The number of rotatable bonds is 4. The summed E-state index contributed by atoms with van der Waals surface area (Å²) in [5.74, 6) is -0.102. The predicted molar refractivity (Wildman–Crippen MR) is 88.3 cm³/mol. The lowest BCUT2D eigenvalue weighted by molar-refractivity contribution is -0.385. The van der Waals surface area contributed by atoms with Crippen molar-refractivity contribution in [2.75, 3.05) is 16.9 Å². The van der Waals surface area contributed by atoms with Crippen LogP contribution in [0.5, 0.6) is 0 Å². The number of nitrogens with zero attached hydrogens (tertiary/aromatic N) is 1. The molecular weight excluding hydrogens is 334 g/mol. The van der Waals surface area contributed by atoms with Crippen molar-refractivity contribution in [1.82, 2.24) is 0 Å². The molecule has 0 spiro atoms. The number of nitrogens with one attached hydrogen (secondary N) is 2. The number of fused-ring (bicyclic) bond motifs is 1. The van der Waals surface area contributed by atoms with Gasteiger partial charge >= 0.3 is 0 Å². The van der Waals surface area contributed by atoms with Gasteiger partial charge in [0, 0.05) is 29.8 Å². The fourth-order valence-corrected chi connectivity index (χ4v) is 3.35. The van der Waals surface area contributed by atoms with Crippen LogP contribution in [0.3, 0.4) is 0 Å². The zero-order valence-electron chi connectivity index (χ0n) is 12.6. The van der Waals surface area contributed by atoms with Gasteiger partial charge in [-0.2, -0.15) is 0 Å². The Bertz CT molecular complexity index is 969. The van der Waals surface area contributed by atoms with Gasteiger partial charge in [0.25, 0.3) is 5.69 Å². The molecule has 1 aliphatic rings. The molecule has 0 fully saturated rings. The molecule has 0 unspecified atom stereocenters. The molecule has 2 aromatic rings. The third kappa shape index (κ3) is 3.06. The van der Waals surface area contributed by atoms with E-state index in [1.807, 2.05) is 0 Å². The van der Waals surface area contributed by atoms with Gasteiger partial charge in [-0.3, -0.25) is 14.9 Å². The minimum absolute atomic E-state index is 0.102. The van der Waals surface area contributed by atoms with E-state index in [9.17, 15) is 23.3 Å². The quantitative estimate of drug-likeness (QED) is 0.647. The molecule has 0 bridgehead atoms. The molecule has 8 nitrogen and oxygen atoms in total. The first-order valence-corrected chi connectivity index (χ1v) is 8.81. The van der Waals surface area contributed by atoms with Gasteiger partial charge in [0.2, 0.25) is 5.91 Å². The third-order valence-corrected chi connectivity index (χ3v) is 4.72. The number of benzene rings is 2. The van der Waals surface area contributed by atoms with Gasteiger partial charge in [-0.25, -0.2) is 8.42 Å². The molecule has 0 aliphatic carbocycles. The Hall–Kier alpha value is -2.94. The normalized spacial score (nSPS) is 13.3. The van der Waals surface area contributed by atoms with Crippen molar-refractivity contribution < 1.29 is 18.1 Å². The van der Waals surface area contributed by atoms with Gasteiger partial charge in [-0.15, -0.1) is 0 Å². The van der Waals surface area contributed by atoms with Crippen LogP contribution < -0.4 is 10.6 Å². The minimum atomic E-state index is -3.66. The third-order valence-electron chi connectivity index (χ3n) is 3.58. The summed E-state index contributed by atoms with van der Waals surface area (Å²) in [6.07, 6.45) is 1.24. The van der Waals surface area contributed by atoms with Gasteiger partial charge in [-0.05, 0) is 29.8 Å². The Balaban J connectivity index is 2.00. The molecule has 0 saturated heterocycles.